The van der Waals surface area contributed by atoms with E-state index in [4.69, 9.17) is 10.5 Å². The Hall–Kier alpha value is -1.63. The highest BCUT2D eigenvalue weighted by atomic mass is 16.5. The van der Waals surface area contributed by atoms with Crippen LogP contribution in [-0.4, -0.2) is 46.4 Å². The number of nitrogens with zero attached hydrogens (tertiary/aromatic N) is 4. The minimum Gasteiger partial charge on any atom is -0.467 e. The van der Waals surface area contributed by atoms with E-state index < -0.39 is 0 Å². The molecule has 3 rings (SSSR count). The molecular weight excluding hydrogens is 234 g/mol. The van der Waals surface area contributed by atoms with Crippen LogP contribution in [0.25, 0.3) is 0 Å². The van der Waals surface area contributed by atoms with Crippen LogP contribution in [0.15, 0.2) is 0 Å². The second-order valence-corrected chi connectivity index (χ2v) is 4.95. The van der Waals surface area contributed by atoms with Crippen LogP contribution < -0.4 is 15.4 Å². The summed E-state index contributed by atoms with van der Waals surface area (Å²) in [4.78, 5) is 14.3. The number of nitrogen functional groups attached to an aromatic ring is 1. The summed E-state index contributed by atoms with van der Waals surface area (Å²) in [6.45, 7) is 1.65. The number of fused-ring (bicyclic) bond motifs is 1. The molecule has 2 heterocycles. The number of aliphatic hydroxyl groups is 1. The van der Waals surface area contributed by atoms with Crippen LogP contribution in [-0.2, 0) is 0 Å². The molecule has 0 amide bonds. The van der Waals surface area contributed by atoms with E-state index in [0.717, 1.165) is 25.9 Å². The number of anilines is 2. The van der Waals surface area contributed by atoms with Crippen molar-refractivity contribution in [3.63, 3.8) is 0 Å². The highest BCUT2D eigenvalue weighted by Gasteiger charge is 2.42. The maximum atomic E-state index is 9.89. The standard InChI is InChI=1S/C11H17N5O2/c1-18-11-14-9(12)13-10(15-11)16-4-6-2-3-8(17)7(6)5-16/h6-8,17H,2-5H2,1H3,(H2,12,13,14,15). The number of hydrogen-bond donors (Lipinski definition) is 2. The first kappa shape index (κ1) is 11.5. The second-order valence-electron chi connectivity index (χ2n) is 4.95. The Morgan fingerprint density at radius 1 is 1.28 bits per heavy atom. The Bertz CT molecular complexity index is 455. The van der Waals surface area contributed by atoms with Crippen LogP contribution in [0.5, 0.6) is 6.01 Å². The molecule has 3 atom stereocenters. The van der Waals surface area contributed by atoms with E-state index >= 15 is 0 Å². The van der Waals surface area contributed by atoms with E-state index in [1.807, 2.05) is 0 Å². The van der Waals surface area contributed by atoms with Crippen LogP contribution in [0.4, 0.5) is 11.9 Å². The number of rotatable bonds is 2. The summed E-state index contributed by atoms with van der Waals surface area (Å²) >= 11 is 0. The molecule has 1 aliphatic heterocycles. The van der Waals surface area contributed by atoms with Gasteiger partial charge in [-0.2, -0.15) is 15.0 Å². The largest absolute Gasteiger partial charge is 0.467 e. The monoisotopic (exact) mass is 251 g/mol. The molecule has 2 fully saturated rings. The van der Waals surface area contributed by atoms with E-state index in [1.165, 1.54) is 7.11 Å². The summed E-state index contributed by atoms with van der Waals surface area (Å²) in [7, 11) is 1.50. The number of aliphatic hydroxyl groups excluding tert-OH is 1. The summed E-state index contributed by atoms with van der Waals surface area (Å²) in [5, 5.41) is 9.89. The van der Waals surface area contributed by atoms with Crippen LogP contribution in [0.2, 0.25) is 0 Å². The van der Waals surface area contributed by atoms with Crippen molar-refractivity contribution in [2.75, 3.05) is 30.8 Å². The first-order valence-corrected chi connectivity index (χ1v) is 6.16. The van der Waals surface area contributed by atoms with Gasteiger partial charge in [0.1, 0.15) is 0 Å². The molecule has 0 spiro atoms. The van der Waals surface area contributed by atoms with Gasteiger partial charge in [0.05, 0.1) is 13.2 Å². The molecule has 1 aliphatic carbocycles. The number of hydrogen-bond acceptors (Lipinski definition) is 7. The maximum absolute atomic E-state index is 9.89. The molecule has 0 aromatic carbocycles. The third kappa shape index (κ3) is 1.84. The molecule has 0 radical (unpaired) electrons. The van der Waals surface area contributed by atoms with Gasteiger partial charge in [-0.15, -0.1) is 0 Å². The topological polar surface area (TPSA) is 97.4 Å². The second kappa shape index (κ2) is 4.24. The van der Waals surface area contributed by atoms with Crippen molar-refractivity contribution >= 4 is 11.9 Å². The lowest BCUT2D eigenvalue weighted by Gasteiger charge is -2.18. The normalized spacial score (nSPS) is 30.6. The Labute approximate surface area is 105 Å². The Morgan fingerprint density at radius 2 is 2.11 bits per heavy atom. The van der Waals surface area contributed by atoms with Gasteiger partial charge in [0.2, 0.25) is 11.9 Å². The van der Waals surface area contributed by atoms with Gasteiger partial charge in [-0.1, -0.05) is 0 Å². The molecule has 18 heavy (non-hydrogen) atoms. The van der Waals surface area contributed by atoms with E-state index in [0.29, 0.717) is 17.8 Å². The highest BCUT2D eigenvalue weighted by molar-refractivity contribution is 5.38. The quantitative estimate of drug-likeness (QED) is 0.742. The molecule has 0 bridgehead atoms. The molecule has 3 N–H and O–H groups in total. The maximum Gasteiger partial charge on any atom is 0.322 e. The molecular formula is C11H17N5O2. The first-order chi connectivity index (χ1) is 8.67. The molecule has 1 aromatic rings. The van der Waals surface area contributed by atoms with Gasteiger partial charge in [-0.25, -0.2) is 0 Å². The predicted octanol–water partition coefficient (Wildman–Crippen LogP) is -0.331. The molecule has 1 aromatic heterocycles. The fourth-order valence-corrected chi connectivity index (χ4v) is 2.99. The summed E-state index contributed by atoms with van der Waals surface area (Å²) in [6, 6.07) is 0.232. The van der Waals surface area contributed by atoms with E-state index in [2.05, 4.69) is 19.9 Å². The zero-order valence-corrected chi connectivity index (χ0v) is 10.3. The summed E-state index contributed by atoms with van der Waals surface area (Å²) in [5.41, 5.74) is 5.63. The van der Waals surface area contributed by atoms with Crippen LogP contribution in [0, 0.1) is 11.8 Å². The van der Waals surface area contributed by atoms with Crippen LogP contribution >= 0.6 is 0 Å². The first-order valence-electron chi connectivity index (χ1n) is 6.16. The molecule has 1 saturated carbocycles. The Morgan fingerprint density at radius 3 is 2.83 bits per heavy atom. The van der Waals surface area contributed by atoms with Crippen LogP contribution in [0.1, 0.15) is 12.8 Å². The van der Waals surface area contributed by atoms with Gasteiger partial charge in [0.15, 0.2) is 0 Å². The summed E-state index contributed by atoms with van der Waals surface area (Å²) < 4.78 is 4.99. The van der Waals surface area contributed by atoms with Crippen molar-refractivity contribution in [3.8, 4) is 6.01 Å². The van der Waals surface area contributed by atoms with Gasteiger partial charge in [0, 0.05) is 19.0 Å². The molecule has 2 aliphatic rings. The predicted molar refractivity (Wildman–Crippen MR) is 65.2 cm³/mol. The molecule has 1 saturated heterocycles. The zero-order valence-electron chi connectivity index (χ0n) is 10.3. The minimum absolute atomic E-state index is 0.162. The van der Waals surface area contributed by atoms with Gasteiger partial charge in [-0.3, -0.25) is 0 Å². The fraction of sp³-hybridized carbons (Fsp3) is 0.727. The smallest absolute Gasteiger partial charge is 0.322 e. The van der Waals surface area contributed by atoms with E-state index in [-0.39, 0.29) is 18.1 Å². The third-order valence-electron chi connectivity index (χ3n) is 3.90. The molecule has 7 heteroatoms. The van der Waals surface area contributed by atoms with E-state index in [9.17, 15) is 5.11 Å². The molecule has 7 nitrogen and oxygen atoms in total. The van der Waals surface area contributed by atoms with Crippen LogP contribution in [0.3, 0.4) is 0 Å². The molecule has 3 unspecified atom stereocenters. The zero-order chi connectivity index (χ0) is 12.7. The van der Waals surface area contributed by atoms with Crippen molar-refractivity contribution in [3.05, 3.63) is 0 Å². The fourth-order valence-electron chi connectivity index (χ4n) is 2.99. The van der Waals surface area contributed by atoms with Gasteiger partial charge in [0.25, 0.3) is 0 Å². The van der Waals surface area contributed by atoms with Crippen molar-refractivity contribution in [2.45, 2.75) is 18.9 Å². The number of nitrogens with two attached hydrogens (primary N) is 1. The van der Waals surface area contributed by atoms with Crippen molar-refractivity contribution in [1.82, 2.24) is 15.0 Å². The molecule has 98 valence electrons. The number of methoxy groups -OCH3 is 1. The Balaban J connectivity index is 1.82. The van der Waals surface area contributed by atoms with Crippen molar-refractivity contribution in [1.29, 1.82) is 0 Å². The lowest BCUT2D eigenvalue weighted by atomic mass is 10.00. The summed E-state index contributed by atoms with van der Waals surface area (Å²) in [6.07, 6.45) is 1.78. The summed E-state index contributed by atoms with van der Waals surface area (Å²) in [5.74, 6) is 1.56. The highest BCUT2D eigenvalue weighted by Crippen LogP contribution is 2.39. The van der Waals surface area contributed by atoms with Gasteiger partial charge < -0.3 is 20.5 Å². The van der Waals surface area contributed by atoms with E-state index in [1.54, 1.807) is 0 Å². The number of aromatic nitrogens is 3. The third-order valence-corrected chi connectivity index (χ3v) is 3.90. The van der Waals surface area contributed by atoms with Gasteiger partial charge in [-0.05, 0) is 18.8 Å². The average molecular weight is 251 g/mol. The Kier molecular flexibility index (Phi) is 2.70. The average Bonchev–Trinajstić information content (AvgIpc) is 2.91. The van der Waals surface area contributed by atoms with Crippen molar-refractivity contribution < 1.29 is 9.84 Å². The minimum atomic E-state index is -0.193. The van der Waals surface area contributed by atoms with Crippen molar-refractivity contribution in [2.24, 2.45) is 11.8 Å². The lowest BCUT2D eigenvalue weighted by molar-refractivity contribution is 0.133. The van der Waals surface area contributed by atoms with Gasteiger partial charge >= 0.3 is 6.01 Å². The number of ether oxygens (including phenoxy) is 1. The lowest BCUT2D eigenvalue weighted by Crippen LogP contribution is -2.26. The SMILES string of the molecule is COc1nc(N)nc(N2CC3CCC(O)C3C2)n1.